The van der Waals surface area contributed by atoms with Crippen molar-refractivity contribution in [2.24, 2.45) is 0 Å². The summed E-state index contributed by atoms with van der Waals surface area (Å²) in [5, 5.41) is 9.63. The highest BCUT2D eigenvalue weighted by atomic mass is 32.2. The number of piperazine rings is 1. The lowest BCUT2D eigenvalue weighted by molar-refractivity contribution is -0.137. The molecule has 1 saturated carbocycles. The van der Waals surface area contributed by atoms with Gasteiger partial charge in [-0.2, -0.15) is 17.5 Å². The number of anilines is 2. The van der Waals surface area contributed by atoms with Crippen molar-refractivity contribution in [3.8, 4) is 11.4 Å². The van der Waals surface area contributed by atoms with Crippen LogP contribution >= 0.6 is 0 Å². The van der Waals surface area contributed by atoms with Crippen molar-refractivity contribution in [2.45, 2.75) is 38.5 Å². The Morgan fingerprint density at radius 2 is 1.80 bits per heavy atom. The minimum absolute atomic E-state index is 0.0295. The number of carbonyl (C=O) groups excluding carboxylic acids is 1. The van der Waals surface area contributed by atoms with Gasteiger partial charge in [-0.15, -0.1) is 5.10 Å². The molecule has 2 amide bonds. The number of ether oxygens (including phenoxy) is 1. The van der Waals surface area contributed by atoms with Crippen LogP contribution in [0, 0.1) is 6.92 Å². The van der Waals surface area contributed by atoms with Crippen molar-refractivity contribution in [3.05, 3.63) is 35.2 Å². The second-order valence-corrected chi connectivity index (χ2v) is 13.3. The first-order chi connectivity index (χ1) is 20.9. The zero-order valence-electron chi connectivity index (χ0n) is 24.4. The van der Waals surface area contributed by atoms with Gasteiger partial charge in [-0.05, 0) is 37.5 Å². The van der Waals surface area contributed by atoms with Gasteiger partial charge in [0.2, 0.25) is 10.0 Å². The van der Waals surface area contributed by atoms with E-state index in [2.05, 4.69) is 30.6 Å². The molecule has 3 aromatic heterocycles. The third kappa shape index (κ3) is 6.60. The maximum Gasteiger partial charge on any atom is 0.417 e. The number of nitrogens with zero attached hydrogens (tertiary/aromatic N) is 7. The number of alkyl halides is 3. The van der Waals surface area contributed by atoms with Crippen molar-refractivity contribution in [2.75, 3.05) is 69.0 Å². The van der Waals surface area contributed by atoms with Crippen molar-refractivity contribution >= 4 is 33.2 Å². The Kier molecular flexibility index (Phi) is 8.15. The molecule has 238 valence electrons. The molecule has 17 heteroatoms. The minimum atomic E-state index is -4.77. The molecule has 0 aromatic carbocycles. The van der Waals surface area contributed by atoms with Gasteiger partial charge >= 0.3 is 12.2 Å². The summed E-state index contributed by atoms with van der Waals surface area (Å²) in [5.74, 6) is 0.0950. The Labute approximate surface area is 252 Å². The number of hydrogen-bond donors (Lipinski definition) is 2. The molecule has 3 aliphatic rings. The molecule has 0 radical (unpaired) electrons. The number of sulfonamides is 1. The zero-order chi connectivity index (χ0) is 31.2. The third-order valence-electron chi connectivity index (χ3n) is 8.07. The molecule has 0 atom stereocenters. The maximum absolute atomic E-state index is 14.4. The molecule has 0 unspecified atom stereocenters. The van der Waals surface area contributed by atoms with Crippen LogP contribution in [0.4, 0.5) is 29.6 Å². The summed E-state index contributed by atoms with van der Waals surface area (Å²) in [6, 6.07) is 2.16. The monoisotopic (exact) mass is 637 g/mol. The Morgan fingerprint density at radius 1 is 1.09 bits per heavy atom. The van der Waals surface area contributed by atoms with Gasteiger partial charge in [0.25, 0.3) is 0 Å². The molecule has 0 spiro atoms. The van der Waals surface area contributed by atoms with Crippen molar-refractivity contribution in [1.82, 2.24) is 34.1 Å². The highest BCUT2D eigenvalue weighted by molar-refractivity contribution is 7.88. The van der Waals surface area contributed by atoms with Crippen LogP contribution in [0.1, 0.15) is 29.7 Å². The molecule has 1 aliphatic carbocycles. The predicted octanol–water partition coefficient (Wildman–Crippen LogP) is 2.32. The number of urea groups is 1. The van der Waals surface area contributed by atoms with Gasteiger partial charge in [0, 0.05) is 63.7 Å². The van der Waals surface area contributed by atoms with Crippen LogP contribution in [0.5, 0.6) is 0 Å². The molecule has 0 bridgehead atoms. The SMILES string of the molecule is Cc1c(CN2CCN(S(C)(=O)=O)CC2)cc2c(N3CCOCC3)nc(-c3cnc(NC(=O)NC4CC4)cc3C(F)(F)F)nn12. The summed E-state index contributed by atoms with van der Waals surface area (Å²) >= 11 is 0. The van der Waals surface area contributed by atoms with Gasteiger partial charge < -0.3 is 15.0 Å². The second kappa shape index (κ2) is 11.8. The van der Waals surface area contributed by atoms with Crippen molar-refractivity contribution in [3.63, 3.8) is 0 Å². The van der Waals surface area contributed by atoms with Gasteiger partial charge in [0.05, 0.1) is 30.6 Å². The number of nitrogens with one attached hydrogen (secondary N) is 2. The molecule has 44 heavy (non-hydrogen) atoms. The summed E-state index contributed by atoms with van der Waals surface area (Å²) in [6.07, 6.45) is -0.865. The highest BCUT2D eigenvalue weighted by Crippen LogP contribution is 2.38. The van der Waals surface area contributed by atoms with E-state index in [-0.39, 0.29) is 23.2 Å². The largest absolute Gasteiger partial charge is 0.417 e. The molecular weight excluding hydrogens is 603 g/mol. The second-order valence-electron chi connectivity index (χ2n) is 11.3. The average Bonchev–Trinajstić information content (AvgIpc) is 3.74. The zero-order valence-corrected chi connectivity index (χ0v) is 25.2. The van der Waals surface area contributed by atoms with E-state index in [0.29, 0.717) is 70.4 Å². The number of carbonyl (C=O) groups is 1. The van der Waals surface area contributed by atoms with Gasteiger partial charge in [-0.1, -0.05) is 0 Å². The van der Waals surface area contributed by atoms with Crippen LogP contribution in [0.3, 0.4) is 0 Å². The number of hydrogen-bond acceptors (Lipinski definition) is 9. The fraction of sp³-hybridized carbons (Fsp3) is 0.556. The van der Waals surface area contributed by atoms with Crippen LogP contribution in [0.25, 0.3) is 16.9 Å². The Morgan fingerprint density at radius 3 is 2.43 bits per heavy atom. The summed E-state index contributed by atoms with van der Waals surface area (Å²) in [4.78, 5) is 25.0. The van der Waals surface area contributed by atoms with Gasteiger partial charge in [-0.3, -0.25) is 10.2 Å². The Balaban J connectivity index is 1.37. The molecule has 6 rings (SSSR count). The summed E-state index contributed by atoms with van der Waals surface area (Å²) < 4.78 is 75.6. The van der Waals surface area contributed by atoms with Gasteiger partial charge in [0.15, 0.2) is 11.6 Å². The first-order valence-electron chi connectivity index (χ1n) is 14.4. The van der Waals surface area contributed by atoms with E-state index in [9.17, 15) is 26.4 Å². The molecule has 3 fully saturated rings. The molecular formula is C27H34F3N9O4S. The lowest BCUT2D eigenvalue weighted by Crippen LogP contribution is -2.47. The number of aromatic nitrogens is 4. The lowest BCUT2D eigenvalue weighted by atomic mass is 10.1. The predicted molar refractivity (Wildman–Crippen MR) is 156 cm³/mol. The van der Waals surface area contributed by atoms with E-state index in [0.717, 1.165) is 36.4 Å². The molecule has 5 heterocycles. The van der Waals surface area contributed by atoms with E-state index >= 15 is 0 Å². The third-order valence-corrected chi connectivity index (χ3v) is 9.37. The van der Waals surface area contributed by atoms with E-state index in [4.69, 9.17) is 4.74 Å². The van der Waals surface area contributed by atoms with E-state index in [1.807, 2.05) is 17.9 Å². The normalized spacial score (nSPS) is 19.0. The highest BCUT2D eigenvalue weighted by Gasteiger charge is 2.36. The number of rotatable bonds is 7. The van der Waals surface area contributed by atoms with Crippen LogP contribution in [-0.2, 0) is 27.5 Å². The molecule has 2 N–H and O–H groups in total. The number of pyridine rings is 1. The Hall–Kier alpha value is -3.54. The number of amides is 2. The molecule has 3 aromatic rings. The number of aryl methyl sites for hydroxylation is 1. The first-order valence-corrected chi connectivity index (χ1v) is 16.3. The van der Waals surface area contributed by atoms with Crippen LogP contribution in [-0.4, -0.2) is 108 Å². The van der Waals surface area contributed by atoms with E-state index in [1.54, 1.807) is 4.52 Å². The summed E-state index contributed by atoms with van der Waals surface area (Å²) in [7, 11) is -3.27. The van der Waals surface area contributed by atoms with E-state index < -0.39 is 27.8 Å². The Bertz CT molecular complexity index is 1660. The van der Waals surface area contributed by atoms with Crippen molar-refractivity contribution < 1.29 is 31.1 Å². The van der Waals surface area contributed by atoms with Crippen LogP contribution < -0.4 is 15.5 Å². The quantitative estimate of drug-likeness (QED) is 0.400. The van der Waals surface area contributed by atoms with Gasteiger partial charge in [-0.25, -0.2) is 27.7 Å². The average molecular weight is 638 g/mol. The molecule has 2 aliphatic heterocycles. The molecule has 2 saturated heterocycles. The maximum atomic E-state index is 14.4. The topological polar surface area (TPSA) is 137 Å². The smallest absolute Gasteiger partial charge is 0.378 e. The molecule has 13 nitrogen and oxygen atoms in total. The van der Waals surface area contributed by atoms with Crippen LogP contribution in [0.15, 0.2) is 18.3 Å². The fourth-order valence-electron chi connectivity index (χ4n) is 5.45. The summed E-state index contributed by atoms with van der Waals surface area (Å²) in [6.45, 7) is 6.13. The summed E-state index contributed by atoms with van der Waals surface area (Å²) in [5.41, 5.74) is 0.966. The van der Waals surface area contributed by atoms with Gasteiger partial charge in [0.1, 0.15) is 11.3 Å². The number of halogens is 3. The van der Waals surface area contributed by atoms with Crippen molar-refractivity contribution in [1.29, 1.82) is 0 Å². The first kappa shape index (κ1) is 30.5. The lowest BCUT2D eigenvalue weighted by Gasteiger charge is -2.33. The standard InChI is InChI=1S/C27H34F3N9O4S/c1-17-18(16-36-5-7-38(8-6-36)44(2,41)42)13-22-25(37-9-11-43-12-10-37)34-24(35-39(17)22)20-15-31-23(14-21(20)27(28,29)30)33-26(40)32-19-3-4-19/h13-15,19H,3-12,16H2,1-2H3,(H2,31,32,33,40). The van der Waals surface area contributed by atoms with E-state index in [1.165, 1.54) is 10.6 Å². The number of morpholine rings is 1. The number of fused-ring (bicyclic) bond motifs is 1. The van der Waals surface area contributed by atoms with Crippen LogP contribution in [0.2, 0.25) is 0 Å². The fourth-order valence-corrected chi connectivity index (χ4v) is 6.28. The minimum Gasteiger partial charge on any atom is -0.378 e.